The number of halogens is 6. The summed E-state index contributed by atoms with van der Waals surface area (Å²) in [5.41, 5.74) is 0. The molecule has 0 amide bonds. The quantitative estimate of drug-likeness (QED) is 0.607. The topological polar surface area (TPSA) is 55.2 Å². The summed E-state index contributed by atoms with van der Waals surface area (Å²) in [5, 5.41) is 0. The summed E-state index contributed by atoms with van der Waals surface area (Å²) in [6, 6.07) is 0. The summed E-state index contributed by atoms with van der Waals surface area (Å²) in [6.07, 6.45) is -10.8. The zero-order chi connectivity index (χ0) is 13.5. The molecule has 1 aromatic rings. The Morgan fingerprint density at radius 1 is 1.06 bits per heavy atom. The van der Waals surface area contributed by atoms with Crippen molar-refractivity contribution in [2.45, 2.75) is 12.6 Å². The summed E-state index contributed by atoms with van der Waals surface area (Å²) >= 11 is 0. The molecule has 17 heavy (non-hydrogen) atoms. The van der Waals surface area contributed by atoms with E-state index in [9.17, 15) is 34.8 Å². The van der Waals surface area contributed by atoms with Crippen molar-refractivity contribution in [2.75, 3.05) is 0 Å². The third-order valence-electron chi connectivity index (χ3n) is 1.44. The second-order valence-corrected chi connectivity index (χ2v) is 4.28. The lowest BCUT2D eigenvalue weighted by molar-refractivity contribution is -0.334. The average Bonchev–Trinajstić information content (AvgIpc) is 2.46. The highest BCUT2D eigenvalue weighted by Gasteiger charge is 2.61. The van der Waals surface area contributed by atoms with Gasteiger partial charge in [0.05, 0.1) is 0 Å². The van der Waals surface area contributed by atoms with Crippen LogP contribution in [-0.4, -0.2) is 34.3 Å². The second kappa shape index (κ2) is 3.87. The van der Waals surface area contributed by atoms with Crippen LogP contribution >= 0.6 is 0 Å². The lowest BCUT2D eigenvalue weighted by Gasteiger charge is -2.25. The number of nitrogens with zero attached hydrogens (tertiary/aromatic N) is 3. The minimum absolute atomic E-state index is 0.298. The van der Waals surface area contributed by atoms with E-state index in [0.29, 0.717) is 12.5 Å². The van der Waals surface area contributed by atoms with E-state index in [1.165, 1.54) is 0 Å². The molecule has 1 rings (SSSR count). The number of hydrogen-bond donors (Lipinski definition) is 0. The summed E-state index contributed by atoms with van der Waals surface area (Å²) in [4.78, 5) is 3.06. The maximum atomic E-state index is 12.1. The molecule has 0 fully saturated rings. The fourth-order valence-electron chi connectivity index (χ4n) is 0.883. The maximum absolute atomic E-state index is 12.1. The van der Waals surface area contributed by atoms with Gasteiger partial charge in [-0.2, -0.15) is 34.8 Å². The Balaban J connectivity index is 3.36. The lowest BCUT2D eigenvalue weighted by Crippen LogP contribution is -2.53. The fourth-order valence-corrected chi connectivity index (χ4v) is 1.98. The molecular formula is C5H3F6N3O2S. The summed E-state index contributed by atoms with van der Waals surface area (Å²) < 4.78 is 92.0. The molecule has 1 heterocycles. The van der Waals surface area contributed by atoms with E-state index in [-0.39, 0.29) is 3.97 Å². The van der Waals surface area contributed by atoms with E-state index in [4.69, 9.17) is 0 Å². The van der Waals surface area contributed by atoms with Crippen LogP contribution in [0.4, 0.5) is 26.3 Å². The van der Waals surface area contributed by atoms with Gasteiger partial charge in [0, 0.05) is 16.7 Å². The van der Waals surface area contributed by atoms with Crippen LogP contribution in [0.5, 0.6) is 0 Å². The minimum Gasteiger partial charge on any atom is -0.244 e. The first kappa shape index (κ1) is 13.8. The Bertz CT molecular complexity index is 461. The van der Waals surface area contributed by atoms with E-state index in [1.807, 2.05) is 0 Å². The first-order valence-corrected chi connectivity index (χ1v) is 5.04. The molecule has 0 aromatic carbocycles. The van der Waals surface area contributed by atoms with Gasteiger partial charge in [0.2, 0.25) is 0 Å². The van der Waals surface area contributed by atoms with Crippen molar-refractivity contribution in [3.63, 3.8) is 0 Å². The van der Waals surface area contributed by atoms with Crippen molar-refractivity contribution in [3.8, 4) is 0 Å². The zero-order valence-corrected chi connectivity index (χ0v) is 8.38. The predicted octanol–water partition coefficient (Wildman–Crippen LogP) is 1.32. The molecule has 0 bridgehead atoms. The lowest BCUT2D eigenvalue weighted by atomic mass is 11.0. The Hall–Kier alpha value is -1.30. The normalized spacial score (nSPS) is 14.3. The third kappa shape index (κ3) is 2.69. The van der Waals surface area contributed by atoms with Crippen molar-refractivity contribution in [1.29, 1.82) is 0 Å². The van der Waals surface area contributed by atoms with Crippen LogP contribution in [0.2, 0.25) is 0 Å². The van der Waals surface area contributed by atoms with Gasteiger partial charge in [-0.25, -0.2) is 8.96 Å². The average molecular weight is 283 g/mol. The molecule has 98 valence electrons. The number of imidazole rings is 1. The fraction of sp³-hybridized carbons (Fsp3) is 0.400. The van der Waals surface area contributed by atoms with Crippen LogP contribution < -0.4 is 0 Å². The monoisotopic (exact) mass is 283 g/mol. The largest absolute Gasteiger partial charge is 0.482 e. The molecule has 0 atom stereocenters. The van der Waals surface area contributed by atoms with Crippen LogP contribution in [0, 0.1) is 0 Å². The molecule has 0 aliphatic carbocycles. The summed E-state index contributed by atoms with van der Waals surface area (Å²) in [7, 11) is -5.84. The van der Waals surface area contributed by atoms with E-state index >= 15 is 0 Å². The standard InChI is InChI=1S/C5H3F6N3O2S/c6-4(7,8)14(5(9,10)11)17(15,16)13-2-1-12-3-13/h1-3H. The molecule has 0 unspecified atom stereocenters. The van der Waals surface area contributed by atoms with E-state index in [1.54, 1.807) is 0 Å². The molecule has 1 aromatic heterocycles. The van der Waals surface area contributed by atoms with Crippen molar-refractivity contribution in [3.05, 3.63) is 18.7 Å². The van der Waals surface area contributed by atoms with Gasteiger partial charge in [-0.15, -0.1) is 0 Å². The van der Waals surface area contributed by atoms with Crippen LogP contribution in [-0.2, 0) is 10.2 Å². The smallest absolute Gasteiger partial charge is 0.244 e. The first-order valence-electron chi connectivity index (χ1n) is 3.65. The van der Waals surface area contributed by atoms with Gasteiger partial charge in [0.1, 0.15) is 6.33 Å². The highest BCUT2D eigenvalue weighted by atomic mass is 32.2. The van der Waals surface area contributed by atoms with Gasteiger partial charge in [-0.1, -0.05) is 0 Å². The van der Waals surface area contributed by atoms with Gasteiger partial charge in [-0.3, -0.25) is 0 Å². The van der Waals surface area contributed by atoms with Gasteiger partial charge in [-0.05, 0) is 0 Å². The molecule has 0 N–H and O–H groups in total. The second-order valence-electron chi connectivity index (χ2n) is 2.60. The van der Waals surface area contributed by atoms with Crippen LogP contribution in [0.15, 0.2) is 18.7 Å². The van der Waals surface area contributed by atoms with Gasteiger partial charge in [0.25, 0.3) is 0 Å². The molecule has 5 nitrogen and oxygen atoms in total. The van der Waals surface area contributed by atoms with Gasteiger partial charge >= 0.3 is 22.8 Å². The Labute approximate surface area is 90.4 Å². The van der Waals surface area contributed by atoms with Crippen molar-refractivity contribution < 1.29 is 34.8 Å². The molecule has 12 heteroatoms. The first-order chi connectivity index (χ1) is 7.47. The molecule has 0 radical (unpaired) electrons. The number of alkyl halides is 6. The van der Waals surface area contributed by atoms with Crippen molar-refractivity contribution >= 4 is 10.2 Å². The third-order valence-corrected chi connectivity index (χ3v) is 3.06. The van der Waals surface area contributed by atoms with Crippen LogP contribution in [0.3, 0.4) is 0 Å². The van der Waals surface area contributed by atoms with Crippen molar-refractivity contribution in [1.82, 2.24) is 13.3 Å². The minimum atomic E-state index is -6.12. The number of aromatic nitrogens is 2. The summed E-state index contributed by atoms with van der Waals surface area (Å²) in [5.74, 6) is 0. The molecule has 0 spiro atoms. The highest BCUT2D eigenvalue weighted by Crippen LogP contribution is 2.36. The van der Waals surface area contributed by atoms with E-state index < -0.39 is 27.1 Å². The predicted molar refractivity (Wildman–Crippen MR) is 40.5 cm³/mol. The molecular weight excluding hydrogens is 280 g/mol. The Morgan fingerprint density at radius 3 is 1.82 bits per heavy atom. The van der Waals surface area contributed by atoms with Crippen LogP contribution in [0.1, 0.15) is 0 Å². The molecule has 0 saturated heterocycles. The number of hydrogen-bond acceptors (Lipinski definition) is 3. The van der Waals surface area contributed by atoms with Gasteiger partial charge in [0.15, 0.2) is 0 Å². The van der Waals surface area contributed by atoms with Gasteiger partial charge < -0.3 is 0 Å². The molecule has 0 aliphatic rings. The van der Waals surface area contributed by atoms with Crippen molar-refractivity contribution in [2.24, 2.45) is 0 Å². The maximum Gasteiger partial charge on any atom is 0.482 e. The molecule has 0 saturated carbocycles. The highest BCUT2D eigenvalue weighted by molar-refractivity contribution is 7.87. The van der Waals surface area contributed by atoms with E-state index in [0.717, 1.165) is 6.20 Å². The zero-order valence-electron chi connectivity index (χ0n) is 7.57. The number of rotatable bonds is 2. The molecule has 0 aliphatic heterocycles. The van der Waals surface area contributed by atoms with Crippen LogP contribution in [0.25, 0.3) is 0 Å². The Morgan fingerprint density at radius 2 is 1.53 bits per heavy atom. The Kier molecular flexibility index (Phi) is 3.13. The summed E-state index contributed by atoms with van der Waals surface area (Å²) in [6.45, 7) is 0. The SMILES string of the molecule is O=S(=O)(N(C(F)(F)F)C(F)(F)F)n1ccnc1. The van der Waals surface area contributed by atoms with E-state index in [2.05, 4.69) is 4.98 Å².